The van der Waals surface area contributed by atoms with Crippen LogP contribution in [0.1, 0.15) is 11.3 Å². The van der Waals surface area contributed by atoms with E-state index in [0.29, 0.717) is 30.0 Å². The summed E-state index contributed by atoms with van der Waals surface area (Å²) < 4.78 is 21.6. The number of carbonyl (C=O) groups is 1. The highest BCUT2D eigenvalue weighted by atomic mass is 19.1. The Bertz CT molecular complexity index is 973. The second-order valence-corrected chi connectivity index (χ2v) is 6.44. The Morgan fingerprint density at radius 3 is 3.04 bits per heavy atom. The average molecular weight is 367 g/mol. The molecule has 0 fully saturated rings. The van der Waals surface area contributed by atoms with Crippen LogP contribution in [0.25, 0.3) is 11.3 Å². The van der Waals surface area contributed by atoms with Crippen LogP contribution < -0.4 is 10.1 Å². The molecule has 4 rings (SSSR count). The second kappa shape index (κ2) is 7.14. The van der Waals surface area contributed by atoms with Gasteiger partial charge in [0, 0.05) is 36.1 Å². The third kappa shape index (κ3) is 3.79. The summed E-state index contributed by atoms with van der Waals surface area (Å²) in [4.78, 5) is 20.3. The number of fused-ring (bicyclic) bond motifs is 1. The number of nitrogens with one attached hydrogen (secondary N) is 1. The standard InChI is InChI=1S/C19H18FN5O2/c1-12-2-5-25(24-12)11-18(26)23-9-15-7-13-6-14(20)8-16(19(13)27-15)17-10-21-3-4-22-17/h2-6,8,10,15H,7,9,11H2,1H3,(H,23,26). The highest BCUT2D eigenvalue weighted by Crippen LogP contribution is 2.38. The third-order valence-corrected chi connectivity index (χ3v) is 4.31. The largest absolute Gasteiger partial charge is 0.487 e. The van der Waals surface area contributed by atoms with Crippen molar-refractivity contribution in [3.63, 3.8) is 0 Å². The number of hydrogen-bond acceptors (Lipinski definition) is 5. The summed E-state index contributed by atoms with van der Waals surface area (Å²) >= 11 is 0. The second-order valence-electron chi connectivity index (χ2n) is 6.44. The molecule has 7 nitrogen and oxygen atoms in total. The van der Waals surface area contributed by atoms with Gasteiger partial charge in [-0.3, -0.25) is 19.4 Å². The van der Waals surface area contributed by atoms with E-state index in [9.17, 15) is 9.18 Å². The number of amides is 1. The first-order valence-corrected chi connectivity index (χ1v) is 8.61. The van der Waals surface area contributed by atoms with Crippen molar-refractivity contribution >= 4 is 5.91 Å². The maximum absolute atomic E-state index is 14.0. The Hall–Kier alpha value is -3.29. The van der Waals surface area contributed by atoms with Gasteiger partial charge in [0.05, 0.1) is 24.1 Å². The molecule has 1 aromatic carbocycles. The molecule has 0 bridgehead atoms. The fourth-order valence-corrected chi connectivity index (χ4v) is 3.12. The molecule has 138 valence electrons. The summed E-state index contributed by atoms with van der Waals surface area (Å²) in [6.07, 6.45) is 6.69. The van der Waals surface area contributed by atoms with Crippen LogP contribution in [0.2, 0.25) is 0 Å². The minimum Gasteiger partial charge on any atom is -0.487 e. The van der Waals surface area contributed by atoms with Gasteiger partial charge in [0.25, 0.3) is 0 Å². The Balaban J connectivity index is 1.43. The molecule has 2 aromatic heterocycles. The molecule has 3 heterocycles. The number of nitrogens with zero attached hydrogens (tertiary/aromatic N) is 4. The topological polar surface area (TPSA) is 81.9 Å². The lowest BCUT2D eigenvalue weighted by Crippen LogP contribution is -2.36. The number of ether oxygens (including phenoxy) is 1. The molecule has 0 spiro atoms. The summed E-state index contributed by atoms with van der Waals surface area (Å²) in [5.74, 6) is 0.0913. The van der Waals surface area contributed by atoms with Gasteiger partial charge in [-0.2, -0.15) is 5.10 Å². The number of halogens is 1. The van der Waals surface area contributed by atoms with Crippen LogP contribution in [0.3, 0.4) is 0 Å². The van der Waals surface area contributed by atoms with Gasteiger partial charge < -0.3 is 10.1 Å². The molecule has 3 aromatic rings. The minimum absolute atomic E-state index is 0.146. The maximum atomic E-state index is 14.0. The zero-order valence-electron chi connectivity index (χ0n) is 14.7. The van der Waals surface area contributed by atoms with Crippen LogP contribution in [-0.2, 0) is 17.8 Å². The maximum Gasteiger partial charge on any atom is 0.241 e. The van der Waals surface area contributed by atoms with Crippen LogP contribution in [0, 0.1) is 12.7 Å². The lowest BCUT2D eigenvalue weighted by molar-refractivity contribution is -0.122. The molecule has 1 atom stereocenters. The van der Waals surface area contributed by atoms with E-state index in [4.69, 9.17) is 4.74 Å². The Morgan fingerprint density at radius 1 is 1.41 bits per heavy atom. The molecular formula is C19H18FN5O2. The van der Waals surface area contributed by atoms with Gasteiger partial charge in [-0.15, -0.1) is 0 Å². The van der Waals surface area contributed by atoms with E-state index in [1.165, 1.54) is 12.1 Å². The van der Waals surface area contributed by atoms with Crippen molar-refractivity contribution in [1.29, 1.82) is 0 Å². The van der Waals surface area contributed by atoms with Crippen LogP contribution in [0.5, 0.6) is 5.75 Å². The number of benzene rings is 1. The highest BCUT2D eigenvalue weighted by molar-refractivity contribution is 5.75. The summed E-state index contributed by atoms with van der Waals surface area (Å²) in [6, 6.07) is 4.69. The molecule has 8 heteroatoms. The van der Waals surface area contributed by atoms with E-state index >= 15 is 0 Å². The third-order valence-electron chi connectivity index (χ3n) is 4.31. The first kappa shape index (κ1) is 17.1. The van der Waals surface area contributed by atoms with Crippen LogP contribution in [0.15, 0.2) is 43.0 Å². The number of aromatic nitrogens is 4. The molecular weight excluding hydrogens is 349 g/mol. The van der Waals surface area contributed by atoms with Gasteiger partial charge in [-0.25, -0.2) is 4.39 Å². The predicted molar refractivity (Wildman–Crippen MR) is 95.5 cm³/mol. The van der Waals surface area contributed by atoms with E-state index in [1.54, 1.807) is 29.5 Å². The minimum atomic E-state index is -0.350. The summed E-state index contributed by atoms with van der Waals surface area (Å²) in [5, 5.41) is 7.03. The molecule has 1 aliphatic rings. The van der Waals surface area contributed by atoms with Crippen molar-refractivity contribution in [2.45, 2.75) is 26.0 Å². The Kier molecular flexibility index (Phi) is 4.53. The zero-order valence-corrected chi connectivity index (χ0v) is 14.7. The van der Waals surface area contributed by atoms with Gasteiger partial charge in [-0.05, 0) is 25.1 Å². The van der Waals surface area contributed by atoms with Gasteiger partial charge in [0.2, 0.25) is 5.91 Å². The van der Waals surface area contributed by atoms with Gasteiger partial charge in [0.15, 0.2) is 0 Å². The van der Waals surface area contributed by atoms with Crippen molar-refractivity contribution < 1.29 is 13.9 Å². The van der Waals surface area contributed by atoms with Crippen molar-refractivity contribution in [3.8, 4) is 17.0 Å². The van der Waals surface area contributed by atoms with Gasteiger partial charge >= 0.3 is 0 Å². The molecule has 0 saturated carbocycles. The molecule has 0 saturated heterocycles. The van der Waals surface area contributed by atoms with Crippen molar-refractivity contribution in [3.05, 3.63) is 60.1 Å². The summed E-state index contributed by atoms with van der Waals surface area (Å²) in [7, 11) is 0. The molecule has 0 aliphatic carbocycles. The quantitative estimate of drug-likeness (QED) is 0.745. The molecule has 1 aliphatic heterocycles. The summed E-state index contributed by atoms with van der Waals surface area (Å²) in [6.45, 7) is 2.34. The van der Waals surface area contributed by atoms with Crippen LogP contribution >= 0.6 is 0 Å². The lowest BCUT2D eigenvalue weighted by atomic mass is 10.0. The van der Waals surface area contributed by atoms with Crippen LogP contribution in [-0.4, -0.2) is 38.3 Å². The van der Waals surface area contributed by atoms with E-state index in [0.717, 1.165) is 11.3 Å². The van der Waals surface area contributed by atoms with E-state index in [-0.39, 0.29) is 24.4 Å². The summed E-state index contributed by atoms with van der Waals surface area (Å²) in [5.41, 5.74) is 2.74. The normalized spacial score (nSPS) is 15.3. The predicted octanol–water partition coefficient (Wildman–Crippen LogP) is 1.91. The fraction of sp³-hybridized carbons (Fsp3) is 0.263. The van der Waals surface area contributed by atoms with Gasteiger partial charge in [-0.1, -0.05) is 0 Å². The lowest BCUT2D eigenvalue weighted by Gasteiger charge is -2.13. The fourth-order valence-electron chi connectivity index (χ4n) is 3.12. The number of rotatable bonds is 5. The van der Waals surface area contributed by atoms with E-state index < -0.39 is 0 Å². The van der Waals surface area contributed by atoms with E-state index in [2.05, 4.69) is 20.4 Å². The smallest absolute Gasteiger partial charge is 0.241 e. The molecule has 1 amide bonds. The number of carbonyl (C=O) groups excluding carboxylic acids is 1. The van der Waals surface area contributed by atoms with Crippen molar-refractivity contribution in [2.24, 2.45) is 0 Å². The van der Waals surface area contributed by atoms with Crippen LogP contribution in [0.4, 0.5) is 4.39 Å². The van der Waals surface area contributed by atoms with Crippen molar-refractivity contribution in [1.82, 2.24) is 25.1 Å². The molecule has 1 N–H and O–H groups in total. The average Bonchev–Trinajstić information content (AvgIpc) is 3.25. The molecule has 27 heavy (non-hydrogen) atoms. The first-order valence-electron chi connectivity index (χ1n) is 8.61. The monoisotopic (exact) mass is 367 g/mol. The highest BCUT2D eigenvalue weighted by Gasteiger charge is 2.27. The first-order chi connectivity index (χ1) is 13.1. The zero-order chi connectivity index (χ0) is 18.8. The molecule has 0 radical (unpaired) electrons. The molecule has 1 unspecified atom stereocenters. The number of aryl methyl sites for hydroxylation is 1. The van der Waals surface area contributed by atoms with Gasteiger partial charge in [0.1, 0.15) is 24.2 Å². The number of hydrogen-bond donors (Lipinski definition) is 1. The van der Waals surface area contributed by atoms with Crippen molar-refractivity contribution in [2.75, 3.05) is 6.54 Å². The SMILES string of the molecule is Cc1ccn(CC(=O)NCC2Cc3cc(F)cc(-c4cnccn4)c3O2)n1. The van der Waals surface area contributed by atoms with E-state index in [1.807, 2.05) is 13.0 Å². The Morgan fingerprint density at radius 2 is 2.30 bits per heavy atom. The Labute approximate surface area is 155 Å².